The van der Waals surface area contributed by atoms with E-state index in [9.17, 15) is 9.59 Å². The van der Waals surface area contributed by atoms with Gasteiger partial charge in [0.25, 0.3) is 0 Å². The summed E-state index contributed by atoms with van der Waals surface area (Å²) in [5.74, 6) is -0.753. The second-order valence-electron chi connectivity index (χ2n) is 6.13. The van der Waals surface area contributed by atoms with Crippen LogP contribution in [0.4, 0.5) is 0 Å². The van der Waals surface area contributed by atoms with Gasteiger partial charge in [0.2, 0.25) is 0 Å². The minimum Gasteiger partial charge on any atom is -0.457 e. The first kappa shape index (κ1) is 20.2. The van der Waals surface area contributed by atoms with Gasteiger partial charge in [-0.05, 0) is 12.5 Å². The summed E-state index contributed by atoms with van der Waals surface area (Å²) < 4.78 is 5.32. The van der Waals surface area contributed by atoms with Crippen molar-refractivity contribution in [3.63, 3.8) is 0 Å². The quantitative estimate of drug-likeness (QED) is 0.445. The molecule has 0 amide bonds. The predicted molar refractivity (Wildman–Crippen MR) is 97.6 cm³/mol. The molecule has 0 N–H and O–H groups in total. The molecule has 0 aromatic heterocycles. The molecular formula is C22H20FeO3. The normalized spacial score (nSPS) is 22.3. The smallest absolute Gasteiger partial charge is 0.307 e. The molecule has 0 bridgehead atoms. The van der Waals surface area contributed by atoms with E-state index in [4.69, 9.17) is 4.74 Å². The molecular weight excluding hydrogens is 368 g/mol. The van der Waals surface area contributed by atoms with Crippen molar-refractivity contribution < 1.29 is 31.4 Å². The molecule has 1 saturated heterocycles. The number of cyclic esters (lactones) is 1. The van der Waals surface area contributed by atoms with Crippen molar-refractivity contribution in [3.8, 4) is 0 Å². The zero-order valence-electron chi connectivity index (χ0n) is 14.4. The first-order valence-corrected chi connectivity index (χ1v) is 8.34. The van der Waals surface area contributed by atoms with E-state index in [1.54, 1.807) is 0 Å². The van der Waals surface area contributed by atoms with Gasteiger partial charge in [0.1, 0.15) is 6.10 Å². The molecule has 2 radical (unpaired) electrons. The van der Waals surface area contributed by atoms with Crippen LogP contribution in [0.3, 0.4) is 0 Å². The number of hydrogen-bond donors (Lipinski definition) is 0. The summed E-state index contributed by atoms with van der Waals surface area (Å²) in [5, 5.41) is 0. The molecule has 1 fully saturated rings. The molecule has 3 nitrogen and oxygen atoms in total. The van der Waals surface area contributed by atoms with Crippen LogP contribution in [0.25, 0.3) is 0 Å². The largest absolute Gasteiger partial charge is 0.457 e. The van der Waals surface area contributed by atoms with E-state index in [1.807, 2.05) is 86.6 Å². The van der Waals surface area contributed by atoms with Gasteiger partial charge >= 0.3 is 5.97 Å². The molecule has 3 aliphatic rings. The molecule has 26 heavy (non-hydrogen) atoms. The van der Waals surface area contributed by atoms with Crippen molar-refractivity contribution >= 4 is 11.8 Å². The van der Waals surface area contributed by atoms with Crippen LogP contribution in [0.5, 0.6) is 0 Å². The van der Waals surface area contributed by atoms with E-state index in [0.29, 0.717) is 5.56 Å². The van der Waals surface area contributed by atoms with Gasteiger partial charge in [0, 0.05) is 35.5 Å². The van der Waals surface area contributed by atoms with Crippen molar-refractivity contribution in [2.75, 3.05) is 0 Å². The van der Waals surface area contributed by atoms with Crippen LogP contribution in [0.2, 0.25) is 0 Å². The molecule has 4 heteroatoms. The van der Waals surface area contributed by atoms with Gasteiger partial charge < -0.3 is 4.74 Å². The van der Waals surface area contributed by atoms with Crippen LogP contribution in [0.1, 0.15) is 22.3 Å². The van der Waals surface area contributed by atoms with E-state index < -0.39 is 12.0 Å². The number of aryl methyl sites for hydroxylation is 1. The number of benzene rings is 1. The van der Waals surface area contributed by atoms with Crippen LogP contribution in [-0.4, -0.2) is 17.9 Å². The molecule has 1 aromatic carbocycles. The Labute approximate surface area is 165 Å². The summed E-state index contributed by atoms with van der Waals surface area (Å²) in [7, 11) is 0. The Morgan fingerprint density at radius 2 is 1.69 bits per heavy atom. The summed E-state index contributed by atoms with van der Waals surface area (Å²) in [6.45, 7) is 1.98. The minimum atomic E-state index is -0.452. The summed E-state index contributed by atoms with van der Waals surface area (Å²) in [4.78, 5) is 24.2. The van der Waals surface area contributed by atoms with E-state index in [0.717, 1.165) is 11.1 Å². The number of ether oxygens (including phenoxy) is 1. The number of ketones is 1. The average molecular weight is 388 g/mol. The Hall–Kier alpha value is -2.16. The zero-order valence-corrected chi connectivity index (χ0v) is 15.5. The molecule has 134 valence electrons. The molecule has 0 unspecified atom stereocenters. The maximum Gasteiger partial charge on any atom is 0.307 e. The summed E-state index contributed by atoms with van der Waals surface area (Å²) >= 11 is 0. The van der Waals surface area contributed by atoms with Gasteiger partial charge in [-0.15, -0.1) is 0 Å². The third-order valence-corrected chi connectivity index (χ3v) is 4.26. The van der Waals surface area contributed by atoms with Gasteiger partial charge in [-0.3, -0.25) is 9.59 Å². The van der Waals surface area contributed by atoms with Crippen molar-refractivity contribution in [3.05, 3.63) is 96.3 Å². The number of hydrogen-bond acceptors (Lipinski definition) is 3. The molecule has 0 spiro atoms. The number of esters is 1. The summed E-state index contributed by atoms with van der Waals surface area (Å²) in [6, 6.07) is 7.43. The van der Waals surface area contributed by atoms with Crippen molar-refractivity contribution in [1.82, 2.24) is 0 Å². The predicted octanol–water partition coefficient (Wildman–Crippen LogP) is 4.12. The second kappa shape index (κ2) is 9.51. The Bertz CT molecular complexity index is 759. The number of carbonyl (C=O) groups is 2. The zero-order chi connectivity index (χ0) is 17.6. The van der Waals surface area contributed by atoms with Gasteiger partial charge in [0.05, 0.1) is 12.3 Å². The Morgan fingerprint density at radius 3 is 2.23 bits per heavy atom. The molecule has 2 aliphatic carbocycles. The van der Waals surface area contributed by atoms with Crippen LogP contribution >= 0.6 is 0 Å². The first-order valence-electron chi connectivity index (χ1n) is 8.34. The van der Waals surface area contributed by atoms with Gasteiger partial charge in [0.15, 0.2) is 5.78 Å². The van der Waals surface area contributed by atoms with Gasteiger partial charge in [-0.25, -0.2) is 0 Å². The number of rotatable bonds is 3. The third kappa shape index (κ3) is 4.93. The van der Waals surface area contributed by atoms with Crippen LogP contribution in [-0.2, 0) is 26.6 Å². The molecule has 4 rings (SSSR count). The monoisotopic (exact) mass is 388 g/mol. The van der Waals surface area contributed by atoms with Crippen LogP contribution in [0, 0.1) is 25.7 Å². The number of Topliss-reactive ketones (excluding diaryl/α,β-unsaturated/α-hetero) is 1. The van der Waals surface area contributed by atoms with E-state index >= 15 is 0 Å². The second-order valence-corrected chi connectivity index (χ2v) is 6.13. The standard InChI is InChI=1S/C17H15O3.C5H5.Fe/c1-11-6-8-12(9-7-11)16(19)14-10-15(18)20-17(14)13-4-2-3-5-13;1-2-4-5-3-1;/h2-9,14,17H,10H2,1H3;1-5H;/t14-,17-;;/m0../s1. The molecule has 0 saturated carbocycles. The molecule has 1 aliphatic heterocycles. The van der Waals surface area contributed by atoms with E-state index in [1.165, 1.54) is 0 Å². The Balaban J connectivity index is 0.000000351. The number of allylic oxidation sites excluding steroid dienone is 7. The fraction of sp³-hybridized carbons (Fsp3) is 0.182. The maximum atomic E-state index is 12.6. The molecule has 2 atom stereocenters. The van der Waals surface area contributed by atoms with Crippen LogP contribution in [0.15, 0.2) is 72.4 Å². The average Bonchev–Trinajstić information content (AvgIpc) is 3.37. The maximum absolute atomic E-state index is 12.6. The van der Waals surface area contributed by atoms with Crippen molar-refractivity contribution in [2.45, 2.75) is 19.4 Å². The minimum absolute atomic E-state index is 0. The van der Waals surface area contributed by atoms with Crippen molar-refractivity contribution in [2.24, 2.45) is 5.92 Å². The summed E-state index contributed by atoms with van der Waals surface area (Å²) in [6.07, 6.45) is 17.2. The van der Waals surface area contributed by atoms with Gasteiger partial charge in [-0.2, -0.15) is 0 Å². The molecule has 1 heterocycles. The Kier molecular flexibility index (Phi) is 7.37. The Morgan fingerprint density at radius 1 is 1.00 bits per heavy atom. The van der Waals surface area contributed by atoms with Gasteiger partial charge in [-0.1, -0.05) is 72.4 Å². The van der Waals surface area contributed by atoms with E-state index in [-0.39, 0.29) is 35.2 Å². The molecule has 1 aromatic rings. The number of carbonyl (C=O) groups excluding carboxylic acids is 2. The first-order chi connectivity index (χ1) is 12.1. The SMILES string of the molecule is Cc1ccc(C(=O)[C@@H]2CC(=O)O[C@H]2C2=CC=C[CH]2)cc1.[CH]1C=CC=C1.[Fe]. The summed E-state index contributed by atoms with van der Waals surface area (Å²) in [5.41, 5.74) is 2.63. The fourth-order valence-corrected chi connectivity index (χ4v) is 2.92. The van der Waals surface area contributed by atoms with E-state index in [2.05, 4.69) is 0 Å². The third-order valence-electron chi connectivity index (χ3n) is 4.26. The topological polar surface area (TPSA) is 43.4 Å². The van der Waals surface area contributed by atoms with Crippen LogP contribution < -0.4 is 0 Å². The van der Waals surface area contributed by atoms with Crippen molar-refractivity contribution in [1.29, 1.82) is 0 Å². The fourth-order valence-electron chi connectivity index (χ4n) is 2.92.